The van der Waals surface area contributed by atoms with Crippen LogP contribution in [0.1, 0.15) is 15.9 Å². The summed E-state index contributed by atoms with van der Waals surface area (Å²) in [7, 11) is 0. The number of halogens is 1. The maximum absolute atomic E-state index is 12.7. The van der Waals surface area contributed by atoms with Gasteiger partial charge >= 0.3 is 0 Å². The Labute approximate surface area is 177 Å². The molecule has 0 aliphatic carbocycles. The molecule has 1 amide bonds. The fourth-order valence-electron chi connectivity index (χ4n) is 3.17. The van der Waals surface area contributed by atoms with Gasteiger partial charge in [-0.1, -0.05) is 0 Å². The molecule has 1 aliphatic rings. The summed E-state index contributed by atoms with van der Waals surface area (Å²) in [5, 5.41) is 3.21. The molecule has 0 spiro atoms. The highest BCUT2D eigenvalue weighted by Crippen LogP contribution is 2.20. The van der Waals surface area contributed by atoms with Crippen LogP contribution in [-0.2, 0) is 0 Å². The van der Waals surface area contributed by atoms with E-state index in [-0.39, 0.29) is 5.91 Å². The first-order chi connectivity index (χ1) is 14.1. The van der Waals surface area contributed by atoms with E-state index in [1.165, 1.54) is 6.33 Å². The number of carbonyl (C=O) groups is 1. The molecule has 3 aromatic rings. The van der Waals surface area contributed by atoms with Crippen LogP contribution in [-0.4, -0.2) is 56.9 Å². The van der Waals surface area contributed by atoms with E-state index in [1.807, 2.05) is 30.0 Å². The number of piperazine rings is 1. The molecule has 0 atom stereocenters. The fraction of sp³-hybridized carbons (Fsp3) is 0.250. The molecule has 0 bridgehead atoms. The van der Waals surface area contributed by atoms with E-state index in [0.29, 0.717) is 37.6 Å². The molecule has 3 aromatic heterocycles. The van der Waals surface area contributed by atoms with Gasteiger partial charge in [0.25, 0.3) is 5.91 Å². The van der Waals surface area contributed by atoms with Crippen LogP contribution in [0.5, 0.6) is 0 Å². The number of nitrogens with zero attached hydrogens (tertiary/aromatic N) is 6. The molecular weight excluding hydrogens is 434 g/mol. The highest BCUT2D eigenvalue weighted by molar-refractivity contribution is 9.10. The summed E-state index contributed by atoms with van der Waals surface area (Å²) < 4.78 is 0.797. The molecule has 0 aromatic carbocycles. The Morgan fingerprint density at radius 3 is 2.59 bits per heavy atom. The second kappa shape index (κ2) is 8.52. The summed E-state index contributed by atoms with van der Waals surface area (Å²) in [5.74, 6) is 2.25. The lowest BCUT2D eigenvalue weighted by atomic mass is 10.2. The van der Waals surface area contributed by atoms with Gasteiger partial charge in [-0.05, 0) is 46.6 Å². The molecule has 0 radical (unpaired) electrons. The number of aryl methyl sites for hydroxylation is 1. The number of hydrogen-bond acceptors (Lipinski definition) is 7. The van der Waals surface area contributed by atoms with E-state index in [0.717, 1.165) is 21.7 Å². The molecular formula is C20H20BrN7O. The van der Waals surface area contributed by atoms with Crippen molar-refractivity contribution < 1.29 is 4.79 Å². The molecule has 1 N–H and O–H groups in total. The standard InChI is InChI=1S/C20H20BrN7O/c1-14-2-3-23-17(8-14)26-18-10-19(25-13-24-18)27-4-6-28(7-5-27)20(29)15-9-16(21)12-22-11-15/h2-3,8-13H,4-7H2,1H3,(H,23,24,25,26). The van der Waals surface area contributed by atoms with E-state index in [2.05, 4.69) is 46.1 Å². The second-order valence-electron chi connectivity index (χ2n) is 6.78. The summed E-state index contributed by atoms with van der Waals surface area (Å²) in [6.07, 6.45) is 6.57. The van der Waals surface area contributed by atoms with Gasteiger partial charge in [0, 0.05) is 55.3 Å². The van der Waals surface area contributed by atoms with E-state index in [4.69, 9.17) is 0 Å². The fourth-order valence-corrected chi connectivity index (χ4v) is 3.54. The summed E-state index contributed by atoms with van der Waals surface area (Å²) in [4.78, 5) is 33.7. The van der Waals surface area contributed by atoms with Crippen molar-refractivity contribution in [1.82, 2.24) is 24.8 Å². The number of anilines is 3. The quantitative estimate of drug-likeness (QED) is 0.649. The Morgan fingerprint density at radius 2 is 1.83 bits per heavy atom. The minimum atomic E-state index is -0.00554. The Hall–Kier alpha value is -3.07. The predicted molar refractivity (Wildman–Crippen MR) is 114 cm³/mol. The number of carbonyl (C=O) groups excluding carboxylic acids is 1. The van der Waals surface area contributed by atoms with Crippen molar-refractivity contribution in [2.75, 3.05) is 36.4 Å². The van der Waals surface area contributed by atoms with Crippen molar-refractivity contribution in [2.45, 2.75) is 6.92 Å². The highest BCUT2D eigenvalue weighted by Gasteiger charge is 2.23. The molecule has 8 nitrogen and oxygen atoms in total. The van der Waals surface area contributed by atoms with Gasteiger partial charge in [0.15, 0.2) is 0 Å². The molecule has 148 valence electrons. The van der Waals surface area contributed by atoms with Crippen LogP contribution >= 0.6 is 15.9 Å². The number of amides is 1. The first-order valence-electron chi connectivity index (χ1n) is 9.25. The number of rotatable bonds is 4. The molecule has 9 heteroatoms. The van der Waals surface area contributed by atoms with Crippen LogP contribution in [0.2, 0.25) is 0 Å². The average molecular weight is 454 g/mol. The summed E-state index contributed by atoms with van der Waals surface area (Å²) in [6.45, 7) is 4.66. The van der Waals surface area contributed by atoms with E-state index >= 15 is 0 Å². The first kappa shape index (κ1) is 19.3. The number of hydrogen-bond donors (Lipinski definition) is 1. The zero-order valence-electron chi connectivity index (χ0n) is 15.9. The SMILES string of the molecule is Cc1ccnc(Nc2cc(N3CCN(C(=O)c4cncc(Br)c4)CC3)ncn2)c1. The molecule has 1 fully saturated rings. The van der Waals surface area contributed by atoms with Crippen LogP contribution in [0.25, 0.3) is 0 Å². The van der Waals surface area contributed by atoms with Gasteiger partial charge in [0.2, 0.25) is 0 Å². The third-order valence-electron chi connectivity index (χ3n) is 4.67. The van der Waals surface area contributed by atoms with E-state index in [1.54, 1.807) is 24.7 Å². The van der Waals surface area contributed by atoms with Crippen LogP contribution in [0.3, 0.4) is 0 Å². The Balaban J connectivity index is 1.40. The minimum absolute atomic E-state index is 0.00554. The van der Waals surface area contributed by atoms with Crippen LogP contribution in [0, 0.1) is 6.92 Å². The summed E-state index contributed by atoms with van der Waals surface area (Å²) >= 11 is 3.36. The van der Waals surface area contributed by atoms with Crippen LogP contribution in [0.15, 0.2) is 53.7 Å². The van der Waals surface area contributed by atoms with Crippen molar-refractivity contribution in [3.8, 4) is 0 Å². The molecule has 29 heavy (non-hydrogen) atoms. The molecule has 4 rings (SSSR count). The highest BCUT2D eigenvalue weighted by atomic mass is 79.9. The van der Waals surface area contributed by atoms with Gasteiger partial charge in [0.1, 0.15) is 23.8 Å². The third kappa shape index (κ3) is 4.68. The number of pyridine rings is 2. The Bertz CT molecular complexity index is 1020. The summed E-state index contributed by atoms with van der Waals surface area (Å²) in [5.41, 5.74) is 1.71. The number of aromatic nitrogens is 4. The summed E-state index contributed by atoms with van der Waals surface area (Å²) in [6, 6.07) is 7.60. The molecule has 0 saturated carbocycles. The number of nitrogens with one attached hydrogen (secondary N) is 1. The smallest absolute Gasteiger partial charge is 0.255 e. The first-order valence-corrected chi connectivity index (χ1v) is 10.0. The zero-order valence-corrected chi connectivity index (χ0v) is 17.5. The lowest BCUT2D eigenvalue weighted by Crippen LogP contribution is -2.49. The molecule has 1 saturated heterocycles. The van der Waals surface area contributed by atoms with Crippen molar-refractivity contribution in [1.29, 1.82) is 0 Å². The maximum atomic E-state index is 12.7. The second-order valence-corrected chi connectivity index (χ2v) is 7.69. The van der Waals surface area contributed by atoms with Crippen molar-refractivity contribution in [3.63, 3.8) is 0 Å². The topological polar surface area (TPSA) is 87.1 Å². The Kier molecular flexibility index (Phi) is 5.66. The molecule has 4 heterocycles. The van der Waals surface area contributed by atoms with Gasteiger partial charge in [-0.25, -0.2) is 15.0 Å². The van der Waals surface area contributed by atoms with E-state index < -0.39 is 0 Å². The zero-order chi connectivity index (χ0) is 20.2. The van der Waals surface area contributed by atoms with Crippen molar-refractivity contribution in [2.24, 2.45) is 0 Å². The Morgan fingerprint density at radius 1 is 1.03 bits per heavy atom. The van der Waals surface area contributed by atoms with Crippen LogP contribution < -0.4 is 10.2 Å². The molecule has 0 unspecified atom stereocenters. The normalized spacial score (nSPS) is 14.0. The van der Waals surface area contributed by atoms with Crippen molar-refractivity contribution in [3.05, 3.63) is 64.8 Å². The third-order valence-corrected chi connectivity index (χ3v) is 5.10. The largest absolute Gasteiger partial charge is 0.353 e. The van der Waals surface area contributed by atoms with Crippen molar-refractivity contribution >= 4 is 39.3 Å². The molecule has 1 aliphatic heterocycles. The lowest BCUT2D eigenvalue weighted by Gasteiger charge is -2.35. The van der Waals surface area contributed by atoms with Gasteiger partial charge < -0.3 is 15.1 Å². The van der Waals surface area contributed by atoms with Gasteiger partial charge in [0.05, 0.1) is 5.56 Å². The van der Waals surface area contributed by atoms with Gasteiger partial charge in [-0.3, -0.25) is 9.78 Å². The minimum Gasteiger partial charge on any atom is -0.353 e. The van der Waals surface area contributed by atoms with Gasteiger partial charge in [-0.2, -0.15) is 0 Å². The maximum Gasteiger partial charge on any atom is 0.255 e. The monoisotopic (exact) mass is 453 g/mol. The van der Waals surface area contributed by atoms with Gasteiger partial charge in [-0.15, -0.1) is 0 Å². The van der Waals surface area contributed by atoms with Crippen LogP contribution in [0.4, 0.5) is 17.5 Å². The average Bonchev–Trinajstić information content (AvgIpc) is 2.74. The predicted octanol–water partition coefficient (Wildman–Crippen LogP) is 3.04. The lowest BCUT2D eigenvalue weighted by molar-refractivity contribution is 0.0746. The van der Waals surface area contributed by atoms with E-state index in [9.17, 15) is 4.79 Å².